The standard InChI is InChI=1S/C13H21N3O/c1-3-10(2)16-13(17)7-12(8-14)11-5-4-6-15-9-11/h4-6,9-10,12H,3,7-8,14H2,1-2H3,(H,16,17). The molecule has 0 radical (unpaired) electrons. The molecule has 2 atom stereocenters. The first-order chi connectivity index (χ1) is 8.17. The zero-order valence-corrected chi connectivity index (χ0v) is 10.5. The fourth-order valence-corrected chi connectivity index (χ4v) is 1.61. The molecule has 4 nitrogen and oxygen atoms in total. The fraction of sp³-hybridized carbons (Fsp3) is 0.538. The van der Waals surface area contributed by atoms with Gasteiger partial charge in [0.2, 0.25) is 5.91 Å². The average Bonchev–Trinajstić information content (AvgIpc) is 2.36. The minimum atomic E-state index is 0.0488. The number of pyridine rings is 1. The summed E-state index contributed by atoms with van der Waals surface area (Å²) in [4.78, 5) is 15.8. The van der Waals surface area contributed by atoms with Gasteiger partial charge in [-0.1, -0.05) is 13.0 Å². The van der Waals surface area contributed by atoms with Gasteiger partial charge in [0.05, 0.1) is 0 Å². The normalized spacial score (nSPS) is 14.1. The van der Waals surface area contributed by atoms with Crippen LogP contribution in [0.4, 0.5) is 0 Å². The molecular formula is C13H21N3O. The molecule has 0 aliphatic carbocycles. The minimum Gasteiger partial charge on any atom is -0.354 e. The number of carbonyl (C=O) groups is 1. The molecule has 0 saturated carbocycles. The number of carbonyl (C=O) groups excluding carboxylic acids is 1. The Balaban J connectivity index is 2.56. The lowest BCUT2D eigenvalue weighted by molar-refractivity contribution is -0.122. The Kier molecular flexibility index (Phi) is 5.63. The van der Waals surface area contributed by atoms with Crippen molar-refractivity contribution in [2.45, 2.75) is 38.6 Å². The van der Waals surface area contributed by atoms with Gasteiger partial charge in [0.15, 0.2) is 0 Å². The van der Waals surface area contributed by atoms with Crippen LogP contribution in [0.2, 0.25) is 0 Å². The molecule has 4 heteroatoms. The Morgan fingerprint density at radius 1 is 1.59 bits per heavy atom. The summed E-state index contributed by atoms with van der Waals surface area (Å²) in [5.41, 5.74) is 6.73. The Bertz CT molecular complexity index is 340. The molecule has 0 fully saturated rings. The van der Waals surface area contributed by atoms with Gasteiger partial charge in [-0.2, -0.15) is 0 Å². The first kappa shape index (κ1) is 13.6. The summed E-state index contributed by atoms with van der Waals surface area (Å²) >= 11 is 0. The second-order valence-electron chi connectivity index (χ2n) is 4.30. The Labute approximate surface area is 103 Å². The van der Waals surface area contributed by atoms with E-state index in [0.29, 0.717) is 13.0 Å². The van der Waals surface area contributed by atoms with Crippen molar-refractivity contribution >= 4 is 5.91 Å². The summed E-state index contributed by atoms with van der Waals surface area (Å²) in [7, 11) is 0. The molecular weight excluding hydrogens is 214 g/mol. The molecule has 0 spiro atoms. The van der Waals surface area contributed by atoms with Crippen LogP contribution in [0.3, 0.4) is 0 Å². The molecule has 0 aromatic carbocycles. The van der Waals surface area contributed by atoms with E-state index in [1.165, 1.54) is 0 Å². The van der Waals surface area contributed by atoms with E-state index in [9.17, 15) is 4.79 Å². The van der Waals surface area contributed by atoms with E-state index in [4.69, 9.17) is 5.73 Å². The number of nitrogens with two attached hydrogens (primary N) is 1. The molecule has 1 rings (SSSR count). The van der Waals surface area contributed by atoms with Crippen LogP contribution in [-0.2, 0) is 4.79 Å². The average molecular weight is 235 g/mol. The van der Waals surface area contributed by atoms with Crippen LogP contribution in [0, 0.1) is 0 Å². The van der Waals surface area contributed by atoms with Gasteiger partial charge < -0.3 is 11.1 Å². The molecule has 0 saturated heterocycles. The van der Waals surface area contributed by atoms with Crippen LogP contribution < -0.4 is 11.1 Å². The van der Waals surface area contributed by atoms with Gasteiger partial charge in [0, 0.05) is 30.8 Å². The van der Waals surface area contributed by atoms with Gasteiger partial charge in [0.25, 0.3) is 0 Å². The topological polar surface area (TPSA) is 68.0 Å². The van der Waals surface area contributed by atoms with E-state index in [2.05, 4.69) is 10.3 Å². The molecule has 0 aliphatic rings. The lowest BCUT2D eigenvalue weighted by Gasteiger charge is -2.16. The molecule has 1 aromatic rings. The molecule has 2 unspecified atom stereocenters. The predicted molar refractivity (Wildman–Crippen MR) is 68.5 cm³/mol. The lowest BCUT2D eigenvalue weighted by Crippen LogP contribution is -2.33. The highest BCUT2D eigenvalue weighted by atomic mass is 16.1. The van der Waals surface area contributed by atoms with Crippen LogP contribution in [-0.4, -0.2) is 23.5 Å². The molecule has 1 aromatic heterocycles. The van der Waals surface area contributed by atoms with Crippen molar-refractivity contribution in [2.75, 3.05) is 6.54 Å². The SMILES string of the molecule is CCC(C)NC(=O)CC(CN)c1cccnc1. The summed E-state index contributed by atoms with van der Waals surface area (Å²) in [6, 6.07) is 4.04. The number of nitrogens with zero attached hydrogens (tertiary/aromatic N) is 1. The first-order valence-corrected chi connectivity index (χ1v) is 6.06. The number of hydrogen-bond donors (Lipinski definition) is 2. The van der Waals surface area contributed by atoms with Crippen LogP contribution in [0.25, 0.3) is 0 Å². The van der Waals surface area contributed by atoms with Crippen molar-refractivity contribution in [1.82, 2.24) is 10.3 Å². The Morgan fingerprint density at radius 2 is 2.35 bits per heavy atom. The molecule has 3 N–H and O–H groups in total. The smallest absolute Gasteiger partial charge is 0.220 e. The van der Waals surface area contributed by atoms with Crippen molar-refractivity contribution in [3.8, 4) is 0 Å². The van der Waals surface area contributed by atoms with Gasteiger partial charge in [-0.05, 0) is 31.5 Å². The van der Waals surface area contributed by atoms with Gasteiger partial charge >= 0.3 is 0 Å². The van der Waals surface area contributed by atoms with E-state index < -0.39 is 0 Å². The van der Waals surface area contributed by atoms with Crippen LogP contribution in [0.15, 0.2) is 24.5 Å². The second kappa shape index (κ2) is 7.01. The number of rotatable bonds is 6. The molecule has 17 heavy (non-hydrogen) atoms. The van der Waals surface area contributed by atoms with Crippen molar-refractivity contribution < 1.29 is 4.79 Å². The summed E-state index contributed by atoms with van der Waals surface area (Å²) in [5, 5.41) is 2.95. The number of nitrogens with one attached hydrogen (secondary N) is 1. The zero-order valence-electron chi connectivity index (χ0n) is 10.5. The summed E-state index contributed by atoms with van der Waals surface area (Å²) < 4.78 is 0. The second-order valence-corrected chi connectivity index (χ2v) is 4.30. The highest BCUT2D eigenvalue weighted by Crippen LogP contribution is 2.17. The maximum atomic E-state index is 11.8. The van der Waals surface area contributed by atoms with Crippen molar-refractivity contribution in [2.24, 2.45) is 5.73 Å². The van der Waals surface area contributed by atoms with E-state index >= 15 is 0 Å². The number of amides is 1. The van der Waals surface area contributed by atoms with E-state index in [-0.39, 0.29) is 17.9 Å². The lowest BCUT2D eigenvalue weighted by atomic mass is 9.97. The Hall–Kier alpha value is -1.42. The number of aromatic nitrogens is 1. The van der Waals surface area contributed by atoms with Crippen LogP contribution in [0.1, 0.15) is 38.2 Å². The van der Waals surface area contributed by atoms with Crippen molar-refractivity contribution in [3.63, 3.8) is 0 Å². The summed E-state index contributed by atoms with van der Waals surface area (Å²) in [6.45, 7) is 4.51. The molecule has 1 amide bonds. The highest BCUT2D eigenvalue weighted by Gasteiger charge is 2.15. The largest absolute Gasteiger partial charge is 0.354 e. The van der Waals surface area contributed by atoms with Gasteiger partial charge in [-0.3, -0.25) is 9.78 Å². The van der Waals surface area contributed by atoms with Crippen LogP contribution >= 0.6 is 0 Å². The van der Waals surface area contributed by atoms with Crippen molar-refractivity contribution in [3.05, 3.63) is 30.1 Å². The van der Waals surface area contributed by atoms with E-state index in [1.807, 2.05) is 26.0 Å². The maximum absolute atomic E-state index is 11.8. The zero-order chi connectivity index (χ0) is 12.7. The first-order valence-electron chi connectivity index (χ1n) is 6.06. The number of hydrogen-bond acceptors (Lipinski definition) is 3. The quantitative estimate of drug-likeness (QED) is 0.783. The Morgan fingerprint density at radius 3 is 2.88 bits per heavy atom. The van der Waals surface area contributed by atoms with Gasteiger partial charge in [0.1, 0.15) is 0 Å². The molecule has 94 valence electrons. The third kappa shape index (κ3) is 4.53. The van der Waals surface area contributed by atoms with E-state index in [1.54, 1.807) is 12.4 Å². The van der Waals surface area contributed by atoms with E-state index in [0.717, 1.165) is 12.0 Å². The van der Waals surface area contributed by atoms with Crippen LogP contribution in [0.5, 0.6) is 0 Å². The monoisotopic (exact) mass is 235 g/mol. The minimum absolute atomic E-state index is 0.0488. The van der Waals surface area contributed by atoms with Crippen molar-refractivity contribution in [1.29, 1.82) is 0 Å². The van der Waals surface area contributed by atoms with Gasteiger partial charge in [-0.15, -0.1) is 0 Å². The highest BCUT2D eigenvalue weighted by molar-refractivity contribution is 5.77. The summed E-state index contributed by atoms with van der Waals surface area (Å²) in [6.07, 6.45) is 4.85. The molecule has 0 aliphatic heterocycles. The third-order valence-corrected chi connectivity index (χ3v) is 2.89. The molecule has 1 heterocycles. The predicted octanol–water partition coefficient (Wildman–Crippen LogP) is 1.43. The maximum Gasteiger partial charge on any atom is 0.220 e. The van der Waals surface area contributed by atoms with Gasteiger partial charge in [-0.25, -0.2) is 0 Å². The molecule has 0 bridgehead atoms. The fourth-order valence-electron chi connectivity index (χ4n) is 1.61. The third-order valence-electron chi connectivity index (χ3n) is 2.89. The summed E-state index contributed by atoms with van der Waals surface area (Å²) in [5.74, 6) is 0.103.